The normalized spacial score (nSPS) is 31.6. The number of fused-ring (bicyclic) bond motifs is 2. The van der Waals surface area contributed by atoms with Crippen molar-refractivity contribution in [3.05, 3.63) is 34.5 Å². The molecule has 2 aliphatic carbocycles. The number of amides is 1. The monoisotopic (exact) mass is 277 g/mol. The Kier molecular flexibility index (Phi) is 3.14. The number of allylic oxidation sites excluding steroid dienone is 2. The summed E-state index contributed by atoms with van der Waals surface area (Å²) >= 11 is 1.58. The molecule has 1 aromatic heterocycles. The van der Waals surface area contributed by atoms with Crippen LogP contribution in [0.25, 0.3) is 0 Å². The summed E-state index contributed by atoms with van der Waals surface area (Å²) in [5.41, 5.74) is 0. The summed E-state index contributed by atoms with van der Waals surface area (Å²) in [5, 5.41) is 14.1. The van der Waals surface area contributed by atoms with Crippen LogP contribution in [0, 0.1) is 23.7 Å². The zero-order valence-corrected chi connectivity index (χ0v) is 11.1. The predicted molar refractivity (Wildman–Crippen MR) is 71.5 cm³/mol. The number of carbonyl (C=O) groups excluding carboxylic acids is 1. The summed E-state index contributed by atoms with van der Waals surface area (Å²) in [5.74, 6) is -1.83. The van der Waals surface area contributed by atoms with Crippen molar-refractivity contribution in [1.82, 2.24) is 5.32 Å². The SMILES string of the molecule is O=C(NCc1cccs1)[C@H]1[C@H](C(=O)O)[C@H]2C=C[C@@H]1C2. The Hall–Kier alpha value is -1.62. The van der Waals surface area contributed by atoms with E-state index in [1.54, 1.807) is 11.3 Å². The molecular formula is C14H15NO3S. The molecule has 0 saturated heterocycles. The minimum atomic E-state index is -0.854. The van der Waals surface area contributed by atoms with Crippen LogP contribution in [0.5, 0.6) is 0 Å². The van der Waals surface area contributed by atoms with Crippen molar-refractivity contribution >= 4 is 23.2 Å². The number of carboxylic acid groups (broad SMARTS) is 1. The molecule has 1 fully saturated rings. The topological polar surface area (TPSA) is 66.4 Å². The lowest BCUT2D eigenvalue weighted by atomic mass is 9.82. The number of hydrogen-bond acceptors (Lipinski definition) is 3. The van der Waals surface area contributed by atoms with Crippen molar-refractivity contribution in [1.29, 1.82) is 0 Å². The molecule has 0 spiro atoms. The van der Waals surface area contributed by atoms with Crippen LogP contribution >= 0.6 is 11.3 Å². The van der Waals surface area contributed by atoms with Gasteiger partial charge in [-0.05, 0) is 29.7 Å². The molecule has 100 valence electrons. The first-order valence-corrected chi connectivity index (χ1v) is 7.26. The standard InChI is InChI=1S/C14H15NO3S/c16-13(15-7-10-2-1-5-19-10)11-8-3-4-9(6-8)12(11)14(17)18/h1-5,8-9,11-12H,6-7H2,(H,15,16)(H,17,18)/t8-,9+,11-,12-/m1/s1. The van der Waals surface area contributed by atoms with Gasteiger partial charge in [0.2, 0.25) is 5.91 Å². The van der Waals surface area contributed by atoms with E-state index in [0.717, 1.165) is 11.3 Å². The van der Waals surface area contributed by atoms with Crippen LogP contribution < -0.4 is 5.32 Å². The quantitative estimate of drug-likeness (QED) is 0.826. The van der Waals surface area contributed by atoms with Gasteiger partial charge in [-0.3, -0.25) is 9.59 Å². The molecule has 2 aliphatic rings. The minimum absolute atomic E-state index is 0.0278. The predicted octanol–water partition coefficient (Wildman–Crippen LogP) is 1.89. The van der Waals surface area contributed by atoms with Gasteiger partial charge >= 0.3 is 5.97 Å². The van der Waals surface area contributed by atoms with Crippen molar-refractivity contribution in [2.45, 2.75) is 13.0 Å². The van der Waals surface area contributed by atoms with Gasteiger partial charge in [0.1, 0.15) is 0 Å². The fourth-order valence-corrected chi connectivity index (χ4v) is 3.87. The Bertz CT molecular complexity index is 523. The van der Waals surface area contributed by atoms with Crippen molar-refractivity contribution < 1.29 is 14.7 Å². The largest absolute Gasteiger partial charge is 0.481 e. The van der Waals surface area contributed by atoms with Gasteiger partial charge in [-0.25, -0.2) is 0 Å². The van der Waals surface area contributed by atoms with Crippen LogP contribution in [0.4, 0.5) is 0 Å². The zero-order valence-electron chi connectivity index (χ0n) is 10.3. The Labute approximate surface area is 115 Å². The molecule has 0 aliphatic heterocycles. The van der Waals surface area contributed by atoms with Gasteiger partial charge in [0, 0.05) is 4.88 Å². The van der Waals surface area contributed by atoms with Crippen LogP contribution in [-0.4, -0.2) is 17.0 Å². The first-order valence-electron chi connectivity index (χ1n) is 6.38. The molecule has 2 N–H and O–H groups in total. The minimum Gasteiger partial charge on any atom is -0.481 e. The van der Waals surface area contributed by atoms with E-state index in [0.29, 0.717) is 6.54 Å². The van der Waals surface area contributed by atoms with E-state index >= 15 is 0 Å². The molecular weight excluding hydrogens is 262 g/mol. The molecule has 2 bridgehead atoms. The van der Waals surface area contributed by atoms with E-state index < -0.39 is 17.8 Å². The van der Waals surface area contributed by atoms with Gasteiger partial charge in [0.25, 0.3) is 0 Å². The second-order valence-electron chi connectivity index (χ2n) is 5.14. The first-order chi connectivity index (χ1) is 9.16. The smallest absolute Gasteiger partial charge is 0.307 e. The molecule has 19 heavy (non-hydrogen) atoms. The molecule has 4 nitrogen and oxygen atoms in total. The van der Waals surface area contributed by atoms with E-state index in [2.05, 4.69) is 5.32 Å². The van der Waals surface area contributed by atoms with Crippen LogP contribution in [0.15, 0.2) is 29.7 Å². The van der Waals surface area contributed by atoms with Gasteiger partial charge in [-0.15, -0.1) is 11.3 Å². The maximum Gasteiger partial charge on any atom is 0.307 e. The highest BCUT2D eigenvalue weighted by atomic mass is 32.1. The van der Waals surface area contributed by atoms with E-state index in [1.165, 1.54) is 0 Å². The summed E-state index contributed by atoms with van der Waals surface area (Å²) in [6.07, 6.45) is 4.75. The van der Waals surface area contributed by atoms with Gasteiger partial charge < -0.3 is 10.4 Å². The lowest BCUT2D eigenvalue weighted by Crippen LogP contribution is -2.39. The summed E-state index contributed by atoms with van der Waals surface area (Å²) in [7, 11) is 0. The molecule has 0 aromatic carbocycles. The third kappa shape index (κ3) is 2.18. The number of carbonyl (C=O) groups is 2. The average Bonchev–Trinajstić information content (AvgIpc) is 3.10. The van der Waals surface area contributed by atoms with E-state index in [1.807, 2.05) is 29.7 Å². The second kappa shape index (κ2) is 4.81. The summed E-state index contributed by atoms with van der Waals surface area (Å²) < 4.78 is 0. The van der Waals surface area contributed by atoms with Gasteiger partial charge in [0.05, 0.1) is 18.4 Å². The molecule has 4 atom stereocenters. The maximum absolute atomic E-state index is 12.2. The van der Waals surface area contributed by atoms with Crippen LogP contribution in [-0.2, 0) is 16.1 Å². The van der Waals surface area contributed by atoms with E-state index in [-0.39, 0.29) is 17.7 Å². The van der Waals surface area contributed by atoms with E-state index in [9.17, 15) is 14.7 Å². The third-order valence-corrected chi connectivity index (χ3v) is 4.94. The van der Waals surface area contributed by atoms with Gasteiger partial charge in [-0.1, -0.05) is 18.2 Å². The highest BCUT2D eigenvalue weighted by molar-refractivity contribution is 7.09. The first kappa shape index (κ1) is 12.4. The summed E-state index contributed by atoms with van der Waals surface area (Å²) in [6, 6.07) is 3.90. The Morgan fingerprint density at radius 2 is 2.05 bits per heavy atom. The fraction of sp³-hybridized carbons (Fsp3) is 0.429. The molecule has 0 radical (unpaired) electrons. The number of aliphatic carboxylic acids is 1. The number of nitrogens with one attached hydrogen (secondary N) is 1. The van der Waals surface area contributed by atoms with Crippen molar-refractivity contribution in [3.8, 4) is 0 Å². The molecule has 1 heterocycles. The highest BCUT2D eigenvalue weighted by Crippen LogP contribution is 2.48. The number of rotatable bonds is 4. The van der Waals surface area contributed by atoms with Gasteiger partial charge in [-0.2, -0.15) is 0 Å². The zero-order chi connectivity index (χ0) is 13.4. The highest BCUT2D eigenvalue weighted by Gasteiger charge is 2.51. The second-order valence-corrected chi connectivity index (χ2v) is 6.17. The molecule has 1 amide bonds. The number of carboxylic acids is 1. The van der Waals surface area contributed by atoms with Crippen molar-refractivity contribution in [3.63, 3.8) is 0 Å². The molecule has 5 heteroatoms. The van der Waals surface area contributed by atoms with Gasteiger partial charge in [0.15, 0.2) is 0 Å². The summed E-state index contributed by atoms with van der Waals surface area (Å²) in [6.45, 7) is 0.487. The Morgan fingerprint density at radius 1 is 1.32 bits per heavy atom. The fourth-order valence-electron chi connectivity index (χ4n) is 3.22. The maximum atomic E-state index is 12.2. The lowest BCUT2D eigenvalue weighted by Gasteiger charge is -2.23. The number of thiophene rings is 1. The van der Waals surface area contributed by atoms with Crippen LogP contribution in [0.1, 0.15) is 11.3 Å². The summed E-state index contributed by atoms with van der Waals surface area (Å²) in [4.78, 5) is 24.7. The van der Waals surface area contributed by atoms with Crippen LogP contribution in [0.3, 0.4) is 0 Å². The Morgan fingerprint density at radius 3 is 2.68 bits per heavy atom. The molecule has 1 aromatic rings. The Balaban J connectivity index is 1.68. The average molecular weight is 277 g/mol. The van der Waals surface area contributed by atoms with E-state index in [4.69, 9.17) is 0 Å². The molecule has 3 rings (SSSR count). The van der Waals surface area contributed by atoms with Crippen molar-refractivity contribution in [2.24, 2.45) is 23.7 Å². The lowest BCUT2D eigenvalue weighted by molar-refractivity contribution is -0.147. The molecule has 0 unspecified atom stereocenters. The van der Waals surface area contributed by atoms with Crippen molar-refractivity contribution in [2.75, 3.05) is 0 Å². The van der Waals surface area contributed by atoms with Crippen LogP contribution in [0.2, 0.25) is 0 Å². The number of hydrogen-bond donors (Lipinski definition) is 2. The molecule has 1 saturated carbocycles. The third-order valence-electron chi connectivity index (χ3n) is 4.06.